The predicted octanol–water partition coefficient (Wildman–Crippen LogP) is 1.66. The summed E-state index contributed by atoms with van der Waals surface area (Å²) in [5.41, 5.74) is 1.62. The molecule has 0 saturated carbocycles. The number of anilines is 1. The summed E-state index contributed by atoms with van der Waals surface area (Å²) in [5.74, 6) is -1.23. The summed E-state index contributed by atoms with van der Waals surface area (Å²) < 4.78 is 6.47. The third kappa shape index (κ3) is 4.40. The molecule has 27 heavy (non-hydrogen) atoms. The van der Waals surface area contributed by atoms with Crippen molar-refractivity contribution < 1.29 is 19.1 Å². The first-order valence-corrected chi connectivity index (χ1v) is 7.95. The van der Waals surface area contributed by atoms with Gasteiger partial charge < -0.3 is 10.1 Å². The summed E-state index contributed by atoms with van der Waals surface area (Å²) in [7, 11) is 0. The molecule has 1 heterocycles. The van der Waals surface area contributed by atoms with E-state index in [1.165, 1.54) is 17.9 Å². The summed E-state index contributed by atoms with van der Waals surface area (Å²) in [5, 5.41) is 13.4. The lowest BCUT2D eigenvalue weighted by Gasteiger charge is -2.09. The van der Waals surface area contributed by atoms with Crippen molar-refractivity contribution in [2.75, 3.05) is 11.9 Å². The zero-order valence-electron chi connectivity index (χ0n) is 14.3. The van der Waals surface area contributed by atoms with Crippen molar-refractivity contribution in [3.8, 4) is 5.69 Å². The second kappa shape index (κ2) is 8.00. The van der Waals surface area contributed by atoms with Crippen LogP contribution in [0.4, 0.5) is 5.69 Å². The molecule has 0 saturated heterocycles. The van der Waals surface area contributed by atoms with Crippen molar-refractivity contribution in [1.82, 2.24) is 20.2 Å². The molecule has 3 aromatic rings. The number of nitrogens with one attached hydrogen (secondary N) is 1. The van der Waals surface area contributed by atoms with Crippen molar-refractivity contribution in [1.29, 1.82) is 0 Å². The van der Waals surface area contributed by atoms with Gasteiger partial charge in [-0.1, -0.05) is 12.1 Å². The molecule has 9 nitrogen and oxygen atoms in total. The van der Waals surface area contributed by atoms with E-state index in [9.17, 15) is 14.4 Å². The average molecular weight is 365 g/mol. The molecular formula is C18H15N5O4. The molecule has 1 amide bonds. The molecule has 0 atom stereocenters. The normalized spacial score (nSPS) is 10.3. The Kier molecular flexibility index (Phi) is 5.31. The number of nitrogens with zero attached hydrogens (tertiary/aromatic N) is 4. The number of hydrogen-bond donors (Lipinski definition) is 1. The Morgan fingerprint density at radius 3 is 2.48 bits per heavy atom. The molecule has 0 aliphatic carbocycles. The zero-order chi connectivity index (χ0) is 19.2. The highest BCUT2D eigenvalue weighted by Gasteiger charge is 2.16. The van der Waals surface area contributed by atoms with Gasteiger partial charge in [0.1, 0.15) is 6.33 Å². The lowest BCUT2D eigenvalue weighted by molar-refractivity contribution is -0.114. The molecule has 1 aromatic heterocycles. The van der Waals surface area contributed by atoms with Crippen LogP contribution in [0.15, 0.2) is 54.9 Å². The fourth-order valence-corrected chi connectivity index (χ4v) is 2.35. The first-order chi connectivity index (χ1) is 13.0. The molecule has 9 heteroatoms. The van der Waals surface area contributed by atoms with Crippen LogP contribution in [0.25, 0.3) is 5.69 Å². The van der Waals surface area contributed by atoms with Crippen LogP contribution in [-0.4, -0.2) is 44.5 Å². The summed E-state index contributed by atoms with van der Waals surface area (Å²) in [6, 6.07) is 12.9. The Hall–Kier alpha value is -3.88. The van der Waals surface area contributed by atoms with E-state index in [0.717, 1.165) is 0 Å². The van der Waals surface area contributed by atoms with Crippen LogP contribution < -0.4 is 5.32 Å². The fraction of sp³-hybridized carbons (Fsp3) is 0.111. The highest BCUT2D eigenvalue weighted by atomic mass is 16.5. The van der Waals surface area contributed by atoms with E-state index in [1.807, 2.05) is 0 Å². The number of Topliss-reactive ketones (excluding diaryl/α,β-unsaturated/α-hetero) is 1. The van der Waals surface area contributed by atoms with Crippen molar-refractivity contribution >= 4 is 23.3 Å². The van der Waals surface area contributed by atoms with Gasteiger partial charge in [0.05, 0.1) is 11.3 Å². The van der Waals surface area contributed by atoms with E-state index in [4.69, 9.17) is 4.74 Å². The maximum atomic E-state index is 12.4. The number of rotatable bonds is 6. The molecule has 136 valence electrons. The van der Waals surface area contributed by atoms with Gasteiger partial charge in [0, 0.05) is 18.2 Å². The fourth-order valence-electron chi connectivity index (χ4n) is 2.35. The minimum Gasteiger partial charge on any atom is -0.454 e. The van der Waals surface area contributed by atoms with Crippen LogP contribution in [0.5, 0.6) is 0 Å². The number of esters is 1. The van der Waals surface area contributed by atoms with Crippen molar-refractivity contribution in [2.45, 2.75) is 6.92 Å². The number of tetrazole rings is 1. The average Bonchev–Trinajstić information content (AvgIpc) is 3.20. The molecule has 2 aromatic carbocycles. The molecule has 0 spiro atoms. The third-order valence-electron chi connectivity index (χ3n) is 3.58. The quantitative estimate of drug-likeness (QED) is 0.521. The van der Waals surface area contributed by atoms with Crippen LogP contribution in [0, 0.1) is 0 Å². The van der Waals surface area contributed by atoms with Gasteiger partial charge in [0.15, 0.2) is 12.4 Å². The minimum absolute atomic E-state index is 0.204. The second-order valence-electron chi connectivity index (χ2n) is 5.53. The summed E-state index contributed by atoms with van der Waals surface area (Å²) in [6.07, 6.45) is 1.36. The largest absolute Gasteiger partial charge is 0.454 e. The van der Waals surface area contributed by atoms with E-state index in [0.29, 0.717) is 16.9 Å². The maximum absolute atomic E-state index is 12.4. The Labute approximate surface area is 154 Å². The van der Waals surface area contributed by atoms with Crippen molar-refractivity contribution in [3.63, 3.8) is 0 Å². The van der Waals surface area contributed by atoms with Gasteiger partial charge in [-0.3, -0.25) is 9.59 Å². The SMILES string of the molecule is CC(=O)Nc1ccc(C(=O)COC(=O)c2ccccc2-n2cnnn2)cc1. The van der Waals surface area contributed by atoms with Crippen LogP contribution in [0.1, 0.15) is 27.6 Å². The smallest absolute Gasteiger partial charge is 0.340 e. The number of benzene rings is 2. The molecule has 0 fully saturated rings. The number of amides is 1. The van der Waals surface area contributed by atoms with E-state index in [1.54, 1.807) is 48.5 Å². The Balaban J connectivity index is 1.66. The Bertz CT molecular complexity index is 968. The molecule has 1 N–H and O–H groups in total. The number of aromatic nitrogens is 4. The Morgan fingerprint density at radius 2 is 1.81 bits per heavy atom. The summed E-state index contributed by atoms with van der Waals surface area (Å²) in [4.78, 5) is 35.6. The van der Waals surface area contributed by atoms with Crippen molar-refractivity contribution in [3.05, 3.63) is 66.0 Å². The number of carbonyl (C=O) groups is 3. The standard InChI is InChI=1S/C18H15N5O4/c1-12(24)20-14-8-6-13(7-9-14)17(25)10-27-18(26)15-4-2-3-5-16(15)23-11-19-21-22-23/h2-9,11H,10H2,1H3,(H,20,24). The number of hydrogen-bond acceptors (Lipinski definition) is 7. The number of ether oxygens (including phenoxy) is 1. The molecule has 0 unspecified atom stereocenters. The van der Waals surface area contributed by atoms with Crippen LogP contribution >= 0.6 is 0 Å². The maximum Gasteiger partial charge on any atom is 0.340 e. The zero-order valence-corrected chi connectivity index (χ0v) is 14.3. The molecular weight excluding hydrogens is 350 g/mol. The van der Waals surface area contributed by atoms with Gasteiger partial charge in [0.2, 0.25) is 5.91 Å². The highest BCUT2D eigenvalue weighted by molar-refractivity contribution is 6.00. The third-order valence-corrected chi connectivity index (χ3v) is 3.58. The topological polar surface area (TPSA) is 116 Å². The lowest BCUT2D eigenvalue weighted by atomic mass is 10.1. The summed E-state index contributed by atoms with van der Waals surface area (Å²) >= 11 is 0. The highest BCUT2D eigenvalue weighted by Crippen LogP contribution is 2.15. The van der Waals surface area contributed by atoms with Gasteiger partial charge in [0.25, 0.3) is 0 Å². The van der Waals surface area contributed by atoms with Crippen LogP contribution in [0.2, 0.25) is 0 Å². The minimum atomic E-state index is -0.663. The molecule has 0 aliphatic rings. The van der Waals surface area contributed by atoms with Crippen LogP contribution in [0.3, 0.4) is 0 Å². The van der Waals surface area contributed by atoms with Gasteiger partial charge in [-0.05, 0) is 46.8 Å². The molecule has 0 bridgehead atoms. The van der Waals surface area contributed by atoms with Crippen molar-refractivity contribution in [2.24, 2.45) is 0 Å². The van der Waals surface area contributed by atoms with Crippen LogP contribution in [-0.2, 0) is 9.53 Å². The first-order valence-electron chi connectivity index (χ1n) is 7.95. The van der Waals surface area contributed by atoms with Gasteiger partial charge in [-0.2, -0.15) is 4.68 Å². The molecule has 0 aliphatic heterocycles. The predicted molar refractivity (Wildman–Crippen MR) is 94.5 cm³/mol. The van der Waals surface area contributed by atoms with E-state index in [2.05, 4.69) is 20.8 Å². The van der Waals surface area contributed by atoms with E-state index < -0.39 is 12.6 Å². The number of ketones is 1. The summed E-state index contributed by atoms with van der Waals surface area (Å²) in [6.45, 7) is 0.980. The second-order valence-corrected chi connectivity index (χ2v) is 5.53. The van der Waals surface area contributed by atoms with Gasteiger partial charge in [-0.25, -0.2) is 4.79 Å². The monoisotopic (exact) mass is 365 g/mol. The number of para-hydroxylation sites is 1. The Morgan fingerprint density at radius 1 is 1.07 bits per heavy atom. The molecule has 0 radical (unpaired) electrons. The first kappa shape index (κ1) is 17.9. The molecule has 3 rings (SSSR count). The van der Waals surface area contributed by atoms with Gasteiger partial charge >= 0.3 is 5.97 Å². The van der Waals surface area contributed by atoms with E-state index in [-0.39, 0.29) is 17.3 Å². The lowest BCUT2D eigenvalue weighted by Crippen LogP contribution is -2.16. The van der Waals surface area contributed by atoms with Gasteiger partial charge in [-0.15, -0.1) is 5.10 Å². The van der Waals surface area contributed by atoms with E-state index >= 15 is 0 Å². The number of carbonyl (C=O) groups excluding carboxylic acids is 3.